The monoisotopic (exact) mass is 373 g/mol. The van der Waals surface area contributed by atoms with Gasteiger partial charge < -0.3 is 4.90 Å². The first-order valence-electron chi connectivity index (χ1n) is 12.5. The molecule has 4 fully saturated rings. The first-order chi connectivity index (χ1) is 12.9. The van der Waals surface area contributed by atoms with Crippen LogP contribution >= 0.6 is 0 Å². The average molecular weight is 374 g/mol. The predicted octanol–water partition coefficient (Wildman–Crippen LogP) is 7.01. The summed E-state index contributed by atoms with van der Waals surface area (Å²) in [4.78, 5) is 2.36. The number of rotatable bonds is 5. The van der Waals surface area contributed by atoms with Gasteiger partial charge in [0.25, 0.3) is 0 Å². The van der Waals surface area contributed by atoms with Crippen molar-refractivity contribution < 1.29 is 0 Å². The van der Waals surface area contributed by atoms with Gasteiger partial charge in [-0.1, -0.05) is 33.6 Å². The highest BCUT2D eigenvalue weighted by atomic mass is 15.0. The van der Waals surface area contributed by atoms with E-state index in [1.165, 1.54) is 38.6 Å². The lowest BCUT2D eigenvalue weighted by molar-refractivity contribution is -0.114. The van der Waals surface area contributed by atoms with Gasteiger partial charge in [0, 0.05) is 0 Å². The fraction of sp³-hybridized carbons (Fsp3) is 1.00. The van der Waals surface area contributed by atoms with E-state index in [9.17, 15) is 0 Å². The molecule has 0 aromatic rings. The van der Waals surface area contributed by atoms with Gasteiger partial charge in [0.2, 0.25) is 0 Å². The van der Waals surface area contributed by atoms with Crippen LogP contribution in [0.15, 0.2) is 0 Å². The van der Waals surface area contributed by atoms with Crippen LogP contribution < -0.4 is 0 Å². The fourth-order valence-corrected chi connectivity index (χ4v) is 9.20. The Morgan fingerprint density at radius 1 is 0.852 bits per heavy atom. The normalized spacial score (nSPS) is 48.0. The molecule has 0 heterocycles. The van der Waals surface area contributed by atoms with E-state index >= 15 is 0 Å². The van der Waals surface area contributed by atoms with E-state index in [1.807, 2.05) is 0 Å². The molecule has 0 amide bonds. The second-order valence-corrected chi connectivity index (χ2v) is 12.1. The van der Waals surface area contributed by atoms with Crippen molar-refractivity contribution in [2.45, 2.75) is 97.8 Å². The third-order valence-corrected chi connectivity index (χ3v) is 10.6. The van der Waals surface area contributed by atoms with Crippen LogP contribution in [0.25, 0.3) is 0 Å². The van der Waals surface area contributed by atoms with Crippen LogP contribution in [0.4, 0.5) is 0 Å². The van der Waals surface area contributed by atoms with Crippen LogP contribution in [0.2, 0.25) is 0 Å². The van der Waals surface area contributed by atoms with Gasteiger partial charge in [-0.05, 0) is 131 Å². The molecule has 1 heteroatoms. The number of hydrogen-bond donors (Lipinski definition) is 0. The van der Waals surface area contributed by atoms with E-state index in [2.05, 4.69) is 39.8 Å². The smallest absolute Gasteiger partial charge is 0.00247 e. The molecule has 0 bridgehead atoms. The number of nitrogens with zero attached hydrogens (tertiary/aromatic N) is 1. The van der Waals surface area contributed by atoms with Crippen molar-refractivity contribution in [1.29, 1.82) is 0 Å². The Balaban J connectivity index is 1.46. The quantitative estimate of drug-likeness (QED) is 0.501. The van der Waals surface area contributed by atoms with Crippen molar-refractivity contribution in [3.63, 3.8) is 0 Å². The van der Waals surface area contributed by atoms with Crippen LogP contribution in [0, 0.1) is 46.3 Å². The summed E-state index contributed by atoms with van der Waals surface area (Å²) in [5, 5.41) is 0. The highest BCUT2D eigenvalue weighted by Gasteiger charge is 2.59. The maximum atomic E-state index is 2.74. The molecule has 6 unspecified atom stereocenters. The highest BCUT2D eigenvalue weighted by Crippen LogP contribution is 2.68. The van der Waals surface area contributed by atoms with Gasteiger partial charge in [-0.3, -0.25) is 0 Å². The van der Waals surface area contributed by atoms with E-state index in [-0.39, 0.29) is 0 Å². The largest absolute Gasteiger partial charge is 0.309 e. The van der Waals surface area contributed by atoms with Gasteiger partial charge in [0.15, 0.2) is 0 Å². The molecule has 0 aromatic heterocycles. The van der Waals surface area contributed by atoms with Crippen LogP contribution in [0.3, 0.4) is 0 Å². The van der Waals surface area contributed by atoms with Crippen molar-refractivity contribution in [2.75, 3.05) is 20.6 Å². The lowest BCUT2D eigenvalue weighted by Gasteiger charge is -2.61. The van der Waals surface area contributed by atoms with Gasteiger partial charge in [-0.25, -0.2) is 0 Å². The van der Waals surface area contributed by atoms with Crippen molar-refractivity contribution >= 4 is 0 Å². The second kappa shape index (κ2) is 7.66. The van der Waals surface area contributed by atoms with Crippen molar-refractivity contribution in [3.05, 3.63) is 0 Å². The van der Waals surface area contributed by atoms with Gasteiger partial charge in [0.05, 0.1) is 0 Å². The Morgan fingerprint density at radius 3 is 2.41 bits per heavy atom. The third-order valence-electron chi connectivity index (χ3n) is 10.6. The Morgan fingerprint density at radius 2 is 1.63 bits per heavy atom. The first-order valence-corrected chi connectivity index (χ1v) is 12.5. The summed E-state index contributed by atoms with van der Waals surface area (Å²) in [5.74, 6) is 6.19. The molecule has 4 aliphatic rings. The summed E-state index contributed by atoms with van der Waals surface area (Å²) in [6, 6.07) is 0. The molecule has 4 saturated carbocycles. The number of hydrogen-bond acceptors (Lipinski definition) is 1. The lowest BCUT2D eigenvalue weighted by Crippen LogP contribution is -2.53. The molecule has 1 nitrogen and oxygen atoms in total. The standard InChI is InChI=1S/C26H47N/c1-19(9-8-18-27(4)5)22-13-14-23-21-12-11-20-10-6-7-16-25(20,2)24(21)15-17-26(22,23)3/h19-24H,6-18H2,1-5H3/t19?,20-,21?,22+,23?,24?,25?,26?/m0/s1. The molecule has 4 aliphatic carbocycles. The Labute approximate surface area is 170 Å². The molecular formula is C26H47N. The zero-order valence-corrected chi connectivity index (χ0v) is 19.1. The van der Waals surface area contributed by atoms with E-state index < -0.39 is 0 Å². The molecule has 0 spiro atoms. The molecule has 27 heavy (non-hydrogen) atoms. The zero-order valence-electron chi connectivity index (χ0n) is 19.1. The van der Waals surface area contributed by atoms with E-state index in [1.54, 1.807) is 44.9 Å². The van der Waals surface area contributed by atoms with Crippen molar-refractivity contribution in [2.24, 2.45) is 46.3 Å². The van der Waals surface area contributed by atoms with Crippen LogP contribution in [-0.2, 0) is 0 Å². The summed E-state index contributed by atoms with van der Waals surface area (Å²) in [5.41, 5.74) is 1.37. The van der Waals surface area contributed by atoms with Crippen LogP contribution in [0.1, 0.15) is 97.8 Å². The van der Waals surface area contributed by atoms with Crippen molar-refractivity contribution in [3.8, 4) is 0 Å². The molecule has 0 saturated heterocycles. The van der Waals surface area contributed by atoms with Crippen LogP contribution in [-0.4, -0.2) is 25.5 Å². The SMILES string of the molecule is CC(CCCN(C)C)[C@H]1CCC2C3CC[C@@H]4CCCCC4(C)C3CCC21C. The van der Waals surface area contributed by atoms with Crippen LogP contribution in [0.5, 0.6) is 0 Å². The predicted molar refractivity (Wildman–Crippen MR) is 117 cm³/mol. The Hall–Kier alpha value is -0.0400. The minimum atomic E-state index is 0.663. The summed E-state index contributed by atoms with van der Waals surface area (Å²) < 4.78 is 0. The fourth-order valence-electron chi connectivity index (χ4n) is 9.20. The molecular weight excluding hydrogens is 326 g/mol. The van der Waals surface area contributed by atoms with E-state index in [0.29, 0.717) is 10.8 Å². The minimum Gasteiger partial charge on any atom is -0.309 e. The third kappa shape index (κ3) is 3.43. The highest BCUT2D eigenvalue weighted by molar-refractivity contribution is 5.09. The summed E-state index contributed by atoms with van der Waals surface area (Å²) in [6.07, 6.45) is 18.3. The second-order valence-electron chi connectivity index (χ2n) is 12.1. The Bertz CT molecular complexity index is 512. The molecule has 0 N–H and O–H groups in total. The van der Waals surface area contributed by atoms with E-state index in [4.69, 9.17) is 0 Å². The Kier molecular flexibility index (Phi) is 5.74. The lowest BCUT2D eigenvalue weighted by atomic mass is 9.44. The minimum absolute atomic E-state index is 0.663. The maximum Gasteiger partial charge on any atom is -0.00247 e. The van der Waals surface area contributed by atoms with Crippen molar-refractivity contribution in [1.82, 2.24) is 4.90 Å². The van der Waals surface area contributed by atoms with Gasteiger partial charge in [-0.15, -0.1) is 0 Å². The summed E-state index contributed by atoms with van der Waals surface area (Å²) >= 11 is 0. The number of fused-ring (bicyclic) bond motifs is 5. The van der Waals surface area contributed by atoms with Gasteiger partial charge >= 0.3 is 0 Å². The average Bonchev–Trinajstić information content (AvgIpc) is 2.98. The molecule has 8 atom stereocenters. The molecule has 0 aromatic carbocycles. The zero-order chi connectivity index (χ0) is 19.2. The van der Waals surface area contributed by atoms with Gasteiger partial charge in [0.1, 0.15) is 0 Å². The topological polar surface area (TPSA) is 3.24 Å². The van der Waals surface area contributed by atoms with E-state index in [0.717, 1.165) is 35.5 Å². The summed E-state index contributed by atoms with van der Waals surface area (Å²) in [6.45, 7) is 9.33. The first kappa shape index (κ1) is 20.2. The maximum absolute atomic E-state index is 2.74. The molecule has 0 aliphatic heterocycles. The molecule has 4 rings (SSSR count). The summed E-state index contributed by atoms with van der Waals surface area (Å²) in [7, 11) is 4.45. The molecule has 156 valence electrons. The van der Waals surface area contributed by atoms with Gasteiger partial charge in [-0.2, -0.15) is 0 Å². The molecule has 0 radical (unpaired) electrons.